The van der Waals surface area contributed by atoms with Crippen LogP contribution in [0.25, 0.3) is 0 Å². The molecule has 1 unspecified atom stereocenters. The summed E-state index contributed by atoms with van der Waals surface area (Å²) in [4.78, 5) is 8.90. The molecule has 0 fully saturated rings. The molecule has 0 amide bonds. The third-order valence-corrected chi connectivity index (χ3v) is 3.68. The number of nitrogens with one attached hydrogen (secondary N) is 1. The average molecular weight is 320 g/mol. The molecule has 118 valence electrons. The maximum atomic E-state index is 10.7. The molecule has 22 heavy (non-hydrogen) atoms. The minimum atomic E-state index is -1.04. The van der Waals surface area contributed by atoms with E-state index in [1.54, 1.807) is 19.1 Å². The van der Waals surface area contributed by atoms with Gasteiger partial charge in [0, 0.05) is 29.2 Å². The molecule has 0 aliphatic heterocycles. The van der Waals surface area contributed by atoms with Crippen molar-refractivity contribution in [3.8, 4) is 0 Å². The van der Waals surface area contributed by atoms with Gasteiger partial charge < -0.3 is 10.4 Å². The Labute approximate surface area is 136 Å². The Morgan fingerprint density at radius 3 is 2.64 bits per heavy atom. The topological polar surface area (TPSA) is 58.0 Å². The molecule has 5 heteroatoms. The number of hydrogen-bond donors (Lipinski definition) is 2. The second-order valence-corrected chi connectivity index (χ2v) is 6.48. The fraction of sp³-hybridized carbons (Fsp3) is 0.412. The van der Waals surface area contributed by atoms with E-state index in [1.165, 1.54) is 0 Å². The van der Waals surface area contributed by atoms with Crippen molar-refractivity contribution >= 4 is 17.4 Å². The Bertz CT molecular complexity index is 656. The lowest BCUT2D eigenvalue weighted by Crippen LogP contribution is -2.31. The highest BCUT2D eigenvalue weighted by molar-refractivity contribution is 6.30. The van der Waals surface area contributed by atoms with Gasteiger partial charge in [-0.3, -0.25) is 0 Å². The number of benzene rings is 1. The molecule has 0 aliphatic carbocycles. The molecule has 1 atom stereocenters. The molecule has 1 heterocycles. The van der Waals surface area contributed by atoms with Crippen LogP contribution in [0.4, 0.5) is 5.82 Å². The van der Waals surface area contributed by atoms with E-state index < -0.39 is 5.60 Å². The minimum Gasteiger partial charge on any atom is -0.384 e. The summed E-state index contributed by atoms with van der Waals surface area (Å²) in [6.45, 7) is 8.14. The molecule has 2 N–H and O–H groups in total. The number of hydrogen-bond acceptors (Lipinski definition) is 4. The predicted octanol–water partition coefficient (Wildman–Crippen LogP) is 3.88. The van der Waals surface area contributed by atoms with Gasteiger partial charge in [-0.1, -0.05) is 37.6 Å². The molecule has 0 bridgehead atoms. The third kappa shape index (κ3) is 4.18. The number of aryl methyl sites for hydroxylation is 1. The van der Waals surface area contributed by atoms with Crippen molar-refractivity contribution in [3.05, 3.63) is 52.4 Å². The summed E-state index contributed by atoms with van der Waals surface area (Å²) in [5.74, 6) is 1.78. The van der Waals surface area contributed by atoms with Gasteiger partial charge >= 0.3 is 0 Å². The lowest BCUT2D eigenvalue weighted by Gasteiger charge is -2.25. The lowest BCUT2D eigenvalue weighted by atomic mass is 9.96. The van der Waals surface area contributed by atoms with Gasteiger partial charge in [-0.2, -0.15) is 0 Å². The van der Waals surface area contributed by atoms with Gasteiger partial charge in [0.25, 0.3) is 0 Å². The van der Waals surface area contributed by atoms with Crippen LogP contribution in [0, 0.1) is 6.92 Å². The highest BCUT2D eigenvalue weighted by Crippen LogP contribution is 2.24. The summed E-state index contributed by atoms with van der Waals surface area (Å²) in [6.07, 6.45) is 0. The van der Waals surface area contributed by atoms with Crippen molar-refractivity contribution in [2.24, 2.45) is 0 Å². The number of nitrogens with zero attached hydrogens (tertiary/aromatic N) is 2. The number of aliphatic hydroxyl groups is 1. The zero-order valence-corrected chi connectivity index (χ0v) is 14.1. The van der Waals surface area contributed by atoms with Crippen molar-refractivity contribution in [2.75, 3.05) is 11.9 Å². The second kappa shape index (κ2) is 6.63. The second-order valence-electron chi connectivity index (χ2n) is 6.05. The fourth-order valence-corrected chi connectivity index (χ4v) is 2.32. The van der Waals surface area contributed by atoms with E-state index in [2.05, 4.69) is 29.1 Å². The van der Waals surface area contributed by atoms with E-state index in [9.17, 15) is 5.11 Å². The SMILES string of the molecule is Cc1cc(NCC(C)(O)c2cccc(Cl)c2)nc(C(C)C)n1. The molecule has 2 aromatic rings. The zero-order valence-electron chi connectivity index (χ0n) is 13.4. The van der Waals surface area contributed by atoms with Gasteiger partial charge in [0.05, 0.1) is 0 Å². The monoisotopic (exact) mass is 319 g/mol. The zero-order chi connectivity index (χ0) is 16.3. The van der Waals surface area contributed by atoms with E-state index in [1.807, 2.05) is 25.1 Å². The van der Waals surface area contributed by atoms with Gasteiger partial charge in [0.15, 0.2) is 0 Å². The van der Waals surface area contributed by atoms with E-state index in [0.29, 0.717) is 11.6 Å². The summed E-state index contributed by atoms with van der Waals surface area (Å²) in [6, 6.07) is 9.13. The maximum Gasteiger partial charge on any atom is 0.133 e. The third-order valence-electron chi connectivity index (χ3n) is 3.45. The molecule has 0 saturated carbocycles. The Balaban J connectivity index is 2.15. The minimum absolute atomic E-state index is 0.258. The molecule has 1 aromatic heterocycles. The average Bonchev–Trinajstić information content (AvgIpc) is 2.45. The summed E-state index contributed by atoms with van der Waals surface area (Å²) >= 11 is 5.99. The Kier molecular flexibility index (Phi) is 5.04. The van der Waals surface area contributed by atoms with Crippen LogP contribution in [-0.4, -0.2) is 21.6 Å². The molecule has 1 aromatic carbocycles. The first-order valence-electron chi connectivity index (χ1n) is 7.36. The molecule has 4 nitrogen and oxygen atoms in total. The number of anilines is 1. The molecule has 0 radical (unpaired) electrons. The van der Waals surface area contributed by atoms with E-state index in [4.69, 9.17) is 11.6 Å². The standard InChI is InChI=1S/C17H22ClN3O/c1-11(2)16-20-12(3)8-15(21-16)19-10-17(4,22)13-6-5-7-14(18)9-13/h5-9,11,22H,10H2,1-4H3,(H,19,20,21). The summed E-state index contributed by atoms with van der Waals surface area (Å²) in [5.41, 5.74) is 0.632. The first-order valence-corrected chi connectivity index (χ1v) is 7.73. The van der Waals surface area contributed by atoms with Crippen LogP contribution in [0.3, 0.4) is 0 Å². The molecule has 2 rings (SSSR count). The Hall–Kier alpha value is -1.65. The molecular weight excluding hydrogens is 298 g/mol. The first kappa shape index (κ1) is 16.7. The van der Waals surface area contributed by atoms with E-state index in [0.717, 1.165) is 22.9 Å². The largest absolute Gasteiger partial charge is 0.384 e. The van der Waals surface area contributed by atoms with Gasteiger partial charge in [-0.15, -0.1) is 0 Å². The van der Waals surface area contributed by atoms with Crippen LogP contribution in [0.15, 0.2) is 30.3 Å². The van der Waals surface area contributed by atoms with Crippen LogP contribution >= 0.6 is 11.6 Å². The molecular formula is C17H22ClN3O. The van der Waals surface area contributed by atoms with Crippen LogP contribution in [0.1, 0.15) is 43.8 Å². The van der Waals surface area contributed by atoms with Crippen molar-refractivity contribution in [1.29, 1.82) is 0 Å². The van der Waals surface area contributed by atoms with E-state index >= 15 is 0 Å². The summed E-state index contributed by atoms with van der Waals surface area (Å²) in [7, 11) is 0. The number of halogens is 1. The summed E-state index contributed by atoms with van der Waals surface area (Å²) < 4.78 is 0. The van der Waals surface area contributed by atoms with Crippen molar-refractivity contribution in [1.82, 2.24) is 9.97 Å². The van der Waals surface area contributed by atoms with Crippen LogP contribution in [0.2, 0.25) is 5.02 Å². The Morgan fingerprint density at radius 2 is 2.00 bits per heavy atom. The molecule has 0 spiro atoms. The Morgan fingerprint density at radius 1 is 1.27 bits per heavy atom. The van der Waals surface area contributed by atoms with Crippen molar-refractivity contribution in [2.45, 2.75) is 39.2 Å². The number of aromatic nitrogens is 2. The highest BCUT2D eigenvalue weighted by atomic mass is 35.5. The number of rotatable bonds is 5. The van der Waals surface area contributed by atoms with Gasteiger partial charge in [0.1, 0.15) is 17.2 Å². The first-order chi connectivity index (χ1) is 10.3. The van der Waals surface area contributed by atoms with Crippen LogP contribution < -0.4 is 5.32 Å². The van der Waals surface area contributed by atoms with Gasteiger partial charge in [0.2, 0.25) is 0 Å². The highest BCUT2D eigenvalue weighted by Gasteiger charge is 2.23. The predicted molar refractivity (Wildman–Crippen MR) is 90.4 cm³/mol. The quantitative estimate of drug-likeness (QED) is 0.878. The fourth-order valence-electron chi connectivity index (χ4n) is 2.13. The normalized spacial score (nSPS) is 14.0. The van der Waals surface area contributed by atoms with E-state index in [-0.39, 0.29) is 5.92 Å². The van der Waals surface area contributed by atoms with Crippen LogP contribution in [-0.2, 0) is 5.60 Å². The maximum absolute atomic E-state index is 10.7. The lowest BCUT2D eigenvalue weighted by molar-refractivity contribution is 0.0714. The molecule has 0 saturated heterocycles. The summed E-state index contributed by atoms with van der Waals surface area (Å²) in [5, 5.41) is 14.5. The van der Waals surface area contributed by atoms with Crippen LogP contribution in [0.5, 0.6) is 0 Å². The smallest absolute Gasteiger partial charge is 0.133 e. The molecule has 0 aliphatic rings. The van der Waals surface area contributed by atoms with Gasteiger partial charge in [-0.05, 0) is 31.5 Å². The van der Waals surface area contributed by atoms with Gasteiger partial charge in [-0.25, -0.2) is 9.97 Å². The van der Waals surface area contributed by atoms with Crippen molar-refractivity contribution < 1.29 is 5.11 Å². The van der Waals surface area contributed by atoms with Crippen molar-refractivity contribution in [3.63, 3.8) is 0 Å².